The summed E-state index contributed by atoms with van der Waals surface area (Å²) in [4.78, 5) is 14.4. The summed E-state index contributed by atoms with van der Waals surface area (Å²) in [6, 6.07) is 0. The molecule has 1 aliphatic rings. The van der Waals surface area contributed by atoms with E-state index in [-0.39, 0.29) is 5.91 Å². The van der Waals surface area contributed by atoms with E-state index in [0.29, 0.717) is 6.54 Å². The Kier molecular flexibility index (Phi) is 5.17. The molecule has 0 aliphatic carbocycles. The van der Waals surface area contributed by atoms with Crippen LogP contribution in [0.1, 0.15) is 42.6 Å². The molecule has 1 amide bonds. The van der Waals surface area contributed by atoms with Crippen LogP contribution in [0.25, 0.3) is 0 Å². The molecule has 1 aliphatic heterocycles. The SMILES string of the molecule is CNCc1c(C)nn(CC(=O)N2CCCCCC2)c1C. The lowest BCUT2D eigenvalue weighted by atomic mass is 10.2. The lowest BCUT2D eigenvalue weighted by molar-refractivity contribution is -0.132. The maximum Gasteiger partial charge on any atom is 0.244 e. The molecule has 1 aromatic heterocycles. The average molecular weight is 278 g/mol. The fourth-order valence-corrected chi connectivity index (χ4v) is 2.87. The van der Waals surface area contributed by atoms with Crippen molar-refractivity contribution in [2.75, 3.05) is 20.1 Å². The number of likely N-dealkylation sites (tertiary alicyclic amines) is 1. The van der Waals surface area contributed by atoms with Gasteiger partial charge >= 0.3 is 0 Å². The summed E-state index contributed by atoms with van der Waals surface area (Å²) in [5.41, 5.74) is 3.32. The summed E-state index contributed by atoms with van der Waals surface area (Å²) in [6.45, 7) is 7.03. The summed E-state index contributed by atoms with van der Waals surface area (Å²) < 4.78 is 1.86. The minimum Gasteiger partial charge on any atom is -0.341 e. The highest BCUT2D eigenvalue weighted by Gasteiger charge is 2.18. The van der Waals surface area contributed by atoms with E-state index < -0.39 is 0 Å². The van der Waals surface area contributed by atoms with E-state index in [2.05, 4.69) is 10.4 Å². The monoisotopic (exact) mass is 278 g/mol. The van der Waals surface area contributed by atoms with Gasteiger partial charge in [-0.05, 0) is 33.7 Å². The number of aryl methyl sites for hydroxylation is 1. The van der Waals surface area contributed by atoms with Crippen molar-refractivity contribution >= 4 is 5.91 Å². The van der Waals surface area contributed by atoms with E-state index in [9.17, 15) is 4.79 Å². The molecule has 0 saturated carbocycles. The van der Waals surface area contributed by atoms with Crippen molar-refractivity contribution in [2.45, 2.75) is 52.6 Å². The first kappa shape index (κ1) is 15.0. The number of rotatable bonds is 4. The maximum absolute atomic E-state index is 12.4. The van der Waals surface area contributed by atoms with E-state index >= 15 is 0 Å². The Labute approximate surface area is 121 Å². The van der Waals surface area contributed by atoms with Gasteiger partial charge in [0.1, 0.15) is 6.54 Å². The van der Waals surface area contributed by atoms with Crippen molar-refractivity contribution in [3.8, 4) is 0 Å². The molecule has 2 rings (SSSR count). The minimum atomic E-state index is 0.202. The molecule has 0 spiro atoms. The lowest BCUT2D eigenvalue weighted by Gasteiger charge is -2.20. The van der Waals surface area contributed by atoms with Crippen LogP contribution in [0.2, 0.25) is 0 Å². The third-order valence-corrected chi connectivity index (χ3v) is 4.13. The molecule has 0 bridgehead atoms. The molecule has 112 valence electrons. The maximum atomic E-state index is 12.4. The van der Waals surface area contributed by atoms with E-state index in [0.717, 1.165) is 43.9 Å². The van der Waals surface area contributed by atoms with Crippen LogP contribution < -0.4 is 5.32 Å². The number of aromatic nitrogens is 2. The number of hydrogen-bond acceptors (Lipinski definition) is 3. The van der Waals surface area contributed by atoms with Gasteiger partial charge in [-0.25, -0.2) is 0 Å². The molecule has 5 nitrogen and oxygen atoms in total. The predicted octanol–water partition coefficient (Wildman–Crippen LogP) is 1.62. The van der Waals surface area contributed by atoms with Crippen LogP contribution in [0.4, 0.5) is 0 Å². The second-order valence-electron chi connectivity index (χ2n) is 5.63. The van der Waals surface area contributed by atoms with Gasteiger partial charge in [0.2, 0.25) is 5.91 Å². The molecule has 1 N–H and O–H groups in total. The molecule has 0 aromatic carbocycles. The highest BCUT2D eigenvalue weighted by Crippen LogP contribution is 2.14. The molecule has 1 saturated heterocycles. The number of nitrogens with one attached hydrogen (secondary N) is 1. The van der Waals surface area contributed by atoms with Crippen LogP contribution in [0.3, 0.4) is 0 Å². The smallest absolute Gasteiger partial charge is 0.244 e. The second-order valence-corrected chi connectivity index (χ2v) is 5.63. The molecule has 0 unspecified atom stereocenters. The van der Waals surface area contributed by atoms with E-state index in [1.54, 1.807) is 0 Å². The highest BCUT2D eigenvalue weighted by atomic mass is 16.2. The molecule has 2 heterocycles. The average Bonchev–Trinajstić information content (AvgIpc) is 2.67. The normalized spacial score (nSPS) is 16.2. The fraction of sp³-hybridized carbons (Fsp3) is 0.733. The molecule has 1 fully saturated rings. The molecule has 5 heteroatoms. The van der Waals surface area contributed by atoms with Gasteiger partial charge in [-0.1, -0.05) is 12.8 Å². The van der Waals surface area contributed by atoms with Gasteiger partial charge in [0.25, 0.3) is 0 Å². The molecular formula is C15H26N4O. The fourth-order valence-electron chi connectivity index (χ4n) is 2.87. The third-order valence-electron chi connectivity index (χ3n) is 4.13. The van der Waals surface area contributed by atoms with E-state index in [1.807, 2.05) is 30.5 Å². The third kappa shape index (κ3) is 3.39. The Bertz CT molecular complexity index is 459. The first-order valence-corrected chi connectivity index (χ1v) is 7.58. The highest BCUT2D eigenvalue weighted by molar-refractivity contribution is 5.76. The molecule has 0 atom stereocenters. The van der Waals surface area contributed by atoms with Crippen molar-refractivity contribution < 1.29 is 4.79 Å². The zero-order valence-electron chi connectivity index (χ0n) is 12.9. The van der Waals surface area contributed by atoms with Crippen molar-refractivity contribution in [1.29, 1.82) is 0 Å². The number of hydrogen-bond donors (Lipinski definition) is 1. The summed E-state index contributed by atoms with van der Waals surface area (Å²) in [6.07, 6.45) is 4.76. The van der Waals surface area contributed by atoms with Crippen LogP contribution in [-0.4, -0.2) is 40.7 Å². The Balaban J connectivity index is 2.05. The topological polar surface area (TPSA) is 50.2 Å². The summed E-state index contributed by atoms with van der Waals surface area (Å²) in [5.74, 6) is 0.202. The van der Waals surface area contributed by atoms with E-state index in [4.69, 9.17) is 0 Å². The number of carbonyl (C=O) groups excluding carboxylic acids is 1. The van der Waals surface area contributed by atoms with Crippen molar-refractivity contribution in [2.24, 2.45) is 0 Å². The van der Waals surface area contributed by atoms with Gasteiger partial charge in [-0.2, -0.15) is 5.10 Å². The van der Waals surface area contributed by atoms with Gasteiger partial charge in [-0.3, -0.25) is 9.48 Å². The summed E-state index contributed by atoms with van der Waals surface area (Å²) in [5, 5.41) is 7.67. The van der Waals surface area contributed by atoms with Gasteiger partial charge in [0, 0.05) is 30.9 Å². The van der Waals surface area contributed by atoms with Gasteiger partial charge in [-0.15, -0.1) is 0 Å². The van der Waals surface area contributed by atoms with Crippen LogP contribution in [0, 0.1) is 13.8 Å². The standard InChI is InChI=1S/C15H26N4O/c1-12-14(10-16-3)13(2)19(17-12)11-15(20)18-8-6-4-5-7-9-18/h16H,4-11H2,1-3H3. The van der Waals surface area contributed by atoms with E-state index in [1.165, 1.54) is 18.4 Å². The van der Waals surface area contributed by atoms with Crippen LogP contribution >= 0.6 is 0 Å². The van der Waals surface area contributed by atoms with Gasteiger partial charge < -0.3 is 10.2 Å². The van der Waals surface area contributed by atoms with Crippen molar-refractivity contribution in [3.05, 3.63) is 17.0 Å². The largest absolute Gasteiger partial charge is 0.341 e. The number of carbonyl (C=O) groups is 1. The van der Waals surface area contributed by atoms with Gasteiger partial charge in [0.05, 0.1) is 5.69 Å². The predicted molar refractivity (Wildman–Crippen MR) is 79.5 cm³/mol. The molecule has 1 aromatic rings. The van der Waals surface area contributed by atoms with Crippen LogP contribution in [0.15, 0.2) is 0 Å². The molecule has 0 radical (unpaired) electrons. The lowest BCUT2D eigenvalue weighted by Crippen LogP contribution is -2.35. The zero-order valence-corrected chi connectivity index (χ0v) is 12.9. The molecular weight excluding hydrogens is 252 g/mol. The number of amides is 1. The number of nitrogens with zero attached hydrogens (tertiary/aromatic N) is 3. The first-order chi connectivity index (χ1) is 9.63. The Morgan fingerprint density at radius 1 is 1.20 bits per heavy atom. The summed E-state index contributed by atoms with van der Waals surface area (Å²) in [7, 11) is 1.93. The molecule has 20 heavy (non-hydrogen) atoms. The van der Waals surface area contributed by atoms with Crippen LogP contribution in [-0.2, 0) is 17.9 Å². The zero-order chi connectivity index (χ0) is 14.5. The van der Waals surface area contributed by atoms with Crippen LogP contribution in [0.5, 0.6) is 0 Å². The summed E-state index contributed by atoms with van der Waals surface area (Å²) >= 11 is 0. The Morgan fingerprint density at radius 3 is 2.45 bits per heavy atom. The van der Waals surface area contributed by atoms with Gasteiger partial charge in [0.15, 0.2) is 0 Å². The Morgan fingerprint density at radius 2 is 1.85 bits per heavy atom. The quantitative estimate of drug-likeness (QED) is 0.910. The second kappa shape index (κ2) is 6.88. The van der Waals surface area contributed by atoms with Crippen molar-refractivity contribution in [3.63, 3.8) is 0 Å². The minimum absolute atomic E-state index is 0.202. The van der Waals surface area contributed by atoms with Crippen molar-refractivity contribution in [1.82, 2.24) is 20.0 Å². The Hall–Kier alpha value is -1.36. The first-order valence-electron chi connectivity index (χ1n) is 7.58.